The predicted molar refractivity (Wildman–Crippen MR) is 108 cm³/mol. The molecule has 2 aromatic rings. The molecule has 1 amide bonds. The number of benzene rings is 2. The van der Waals surface area contributed by atoms with Gasteiger partial charge in [-0.3, -0.25) is 14.9 Å². The van der Waals surface area contributed by atoms with Crippen molar-refractivity contribution >= 4 is 17.6 Å². The average molecular weight is 430 g/mol. The van der Waals surface area contributed by atoms with Crippen LogP contribution in [-0.2, 0) is 16.1 Å². The Morgan fingerprint density at radius 1 is 1.19 bits per heavy atom. The van der Waals surface area contributed by atoms with Gasteiger partial charge in [-0.15, -0.1) is 0 Å². The number of β-amino-alcohol motifs (C(OH)–C–C–N with tert-alkyl or cyclic N) is 1. The van der Waals surface area contributed by atoms with Crippen LogP contribution in [0, 0.1) is 10.1 Å². The molecule has 1 aliphatic rings. The molecule has 0 aliphatic carbocycles. The van der Waals surface area contributed by atoms with Crippen molar-refractivity contribution in [3.05, 3.63) is 63.7 Å². The second-order valence-electron chi connectivity index (χ2n) is 6.94. The molecule has 2 aromatic carbocycles. The van der Waals surface area contributed by atoms with Crippen molar-refractivity contribution in [3.8, 4) is 11.5 Å². The number of esters is 1. The van der Waals surface area contributed by atoms with Gasteiger partial charge in [0.15, 0.2) is 11.5 Å². The Balaban J connectivity index is 1.95. The van der Waals surface area contributed by atoms with E-state index in [4.69, 9.17) is 14.2 Å². The van der Waals surface area contributed by atoms with Gasteiger partial charge in [-0.05, 0) is 5.56 Å². The number of nitro groups is 1. The largest absolute Gasteiger partial charge is 0.493 e. The van der Waals surface area contributed by atoms with Crippen LogP contribution < -0.4 is 9.47 Å². The molecule has 3 rings (SSSR count). The number of nitro benzene ring substituents is 1. The van der Waals surface area contributed by atoms with E-state index in [0.717, 1.165) is 16.5 Å². The summed E-state index contributed by atoms with van der Waals surface area (Å²) in [5, 5.41) is 21.6. The zero-order chi connectivity index (χ0) is 22.5. The molecule has 1 N–H and O–H groups in total. The van der Waals surface area contributed by atoms with E-state index in [9.17, 15) is 24.8 Å². The van der Waals surface area contributed by atoms with Crippen molar-refractivity contribution in [3.63, 3.8) is 0 Å². The number of aliphatic hydroxyl groups excluding tert-OH is 1. The van der Waals surface area contributed by atoms with Crippen LogP contribution in [0.2, 0.25) is 0 Å². The number of rotatable bonds is 7. The van der Waals surface area contributed by atoms with E-state index in [1.54, 1.807) is 0 Å². The van der Waals surface area contributed by atoms with E-state index in [0.29, 0.717) is 0 Å². The summed E-state index contributed by atoms with van der Waals surface area (Å²) in [7, 11) is 2.52. The van der Waals surface area contributed by atoms with Crippen LogP contribution in [0.4, 0.5) is 5.69 Å². The van der Waals surface area contributed by atoms with Gasteiger partial charge in [-0.2, -0.15) is 0 Å². The SMILES string of the molecule is COC(=O)[C@@H]1C[C@H](O)CN1C(=O)c1cc(OC)c(OCc2ccccc2)cc1[N+](=O)[O-]. The minimum absolute atomic E-state index is 0.0123. The molecular weight excluding hydrogens is 408 g/mol. The predicted octanol–water partition coefficient (Wildman–Crippen LogP) is 1.93. The molecule has 1 saturated heterocycles. The summed E-state index contributed by atoms with van der Waals surface area (Å²) in [4.78, 5) is 37.2. The van der Waals surface area contributed by atoms with E-state index in [2.05, 4.69) is 0 Å². The van der Waals surface area contributed by atoms with Gasteiger partial charge in [0.25, 0.3) is 11.6 Å². The summed E-state index contributed by atoms with van der Waals surface area (Å²) in [5.41, 5.74) is 0.0649. The van der Waals surface area contributed by atoms with Crippen LogP contribution in [0.5, 0.6) is 11.5 Å². The van der Waals surface area contributed by atoms with Gasteiger partial charge >= 0.3 is 5.97 Å². The van der Waals surface area contributed by atoms with E-state index < -0.39 is 34.6 Å². The van der Waals surface area contributed by atoms with Crippen LogP contribution in [0.15, 0.2) is 42.5 Å². The fourth-order valence-electron chi connectivity index (χ4n) is 3.43. The molecule has 0 bridgehead atoms. The highest BCUT2D eigenvalue weighted by atomic mass is 16.6. The Morgan fingerprint density at radius 2 is 1.90 bits per heavy atom. The lowest BCUT2D eigenvalue weighted by Gasteiger charge is -2.22. The zero-order valence-corrected chi connectivity index (χ0v) is 17.0. The summed E-state index contributed by atoms with van der Waals surface area (Å²) in [6, 6.07) is 10.5. The van der Waals surface area contributed by atoms with Gasteiger partial charge in [0.05, 0.1) is 31.3 Å². The third-order valence-electron chi connectivity index (χ3n) is 4.96. The first-order chi connectivity index (χ1) is 14.8. The van der Waals surface area contributed by atoms with E-state index in [-0.39, 0.29) is 36.6 Å². The topological polar surface area (TPSA) is 128 Å². The Morgan fingerprint density at radius 3 is 2.52 bits per heavy atom. The maximum atomic E-state index is 13.1. The molecular formula is C21H22N2O8. The molecule has 10 nitrogen and oxygen atoms in total. The fraction of sp³-hybridized carbons (Fsp3) is 0.333. The van der Waals surface area contributed by atoms with E-state index in [1.165, 1.54) is 20.3 Å². The lowest BCUT2D eigenvalue weighted by Crippen LogP contribution is -2.41. The van der Waals surface area contributed by atoms with Crippen molar-refractivity contribution in [2.75, 3.05) is 20.8 Å². The summed E-state index contributed by atoms with van der Waals surface area (Å²) >= 11 is 0. The molecule has 10 heteroatoms. The number of amides is 1. The Bertz CT molecular complexity index is 979. The lowest BCUT2D eigenvalue weighted by molar-refractivity contribution is -0.385. The lowest BCUT2D eigenvalue weighted by atomic mass is 10.1. The average Bonchev–Trinajstić information content (AvgIpc) is 3.18. The van der Waals surface area contributed by atoms with Crippen LogP contribution in [0.25, 0.3) is 0 Å². The normalized spacial score (nSPS) is 17.8. The molecule has 0 unspecified atom stereocenters. The van der Waals surface area contributed by atoms with Crippen molar-refractivity contribution < 1.29 is 33.8 Å². The number of hydrogen-bond acceptors (Lipinski definition) is 8. The summed E-state index contributed by atoms with van der Waals surface area (Å²) in [5.74, 6) is -1.27. The van der Waals surface area contributed by atoms with Crippen LogP contribution >= 0.6 is 0 Å². The highest BCUT2D eigenvalue weighted by Crippen LogP contribution is 2.37. The maximum absolute atomic E-state index is 13.1. The molecule has 1 aliphatic heterocycles. The molecule has 31 heavy (non-hydrogen) atoms. The number of carbonyl (C=O) groups excluding carboxylic acids is 2. The number of methoxy groups -OCH3 is 2. The monoisotopic (exact) mass is 430 g/mol. The molecule has 0 aromatic heterocycles. The number of hydrogen-bond donors (Lipinski definition) is 1. The Labute approximate surface area is 178 Å². The quantitative estimate of drug-likeness (QED) is 0.401. The van der Waals surface area contributed by atoms with E-state index in [1.807, 2.05) is 30.3 Å². The van der Waals surface area contributed by atoms with Gasteiger partial charge in [-0.1, -0.05) is 30.3 Å². The number of aliphatic hydroxyl groups is 1. The summed E-state index contributed by atoms with van der Waals surface area (Å²) in [6.45, 7) is -0.00525. The van der Waals surface area contributed by atoms with Crippen LogP contribution in [0.3, 0.4) is 0 Å². The van der Waals surface area contributed by atoms with Gasteiger partial charge < -0.3 is 24.2 Å². The highest BCUT2D eigenvalue weighted by Gasteiger charge is 2.42. The first-order valence-corrected chi connectivity index (χ1v) is 9.45. The third-order valence-corrected chi connectivity index (χ3v) is 4.96. The molecule has 164 valence electrons. The molecule has 2 atom stereocenters. The number of carbonyl (C=O) groups is 2. The van der Waals surface area contributed by atoms with Crippen molar-refractivity contribution in [1.82, 2.24) is 4.90 Å². The van der Waals surface area contributed by atoms with Gasteiger partial charge in [-0.25, -0.2) is 4.79 Å². The van der Waals surface area contributed by atoms with Crippen molar-refractivity contribution in [2.45, 2.75) is 25.2 Å². The number of ether oxygens (including phenoxy) is 3. The fourth-order valence-corrected chi connectivity index (χ4v) is 3.43. The first kappa shape index (κ1) is 22.0. The minimum atomic E-state index is -1.04. The van der Waals surface area contributed by atoms with Crippen molar-refractivity contribution in [1.29, 1.82) is 0 Å². The Hall–Kier alpha value is -3.66. The molecule has 1 fully saturated rings. The summed E-state index contributed by atoms with van der Waals surface area (Å²) in [6.07, 6.45) is -0.954. The molecule has 1 heterocycles. The zero-order valence-electron chi connectivity index (χ0n) is 17.0. The third kappa shape index (κ3) is 4.75. The number of likely N-dealkylation sites (tertiary alicyclic amines) is 1. The highest BCUT2D eigenvalue weighted by molar-refractivity contribution is 6.01. The summed E-state index contributed by atoms with van der Waals surface area (Å²) < 4.78 is 15.7. The van der Waals surface area contributed by atoms with Gasteiger partial charge in [0.1, 0.15) is 18.2 Å². The molecule has 0 saturated carbocycles. The standard InChI is InChI=1S/C21H22N2O8/c1-29-18-9-15(20(25)22-11-14(24)8-17(22)21(26)30-2)16(23(27)28)10-19(18)31-12-13-6-4-3-5-7-13/h3-7,9-10,14,17,24H,8,11-12H2,1-2H3/t14-,17-/m0/s1. The number of nitrogens with zero attached hydrogens (tertiary/aromatic N) is 2. The van der Waals surface area contributed by atoms with Crippen molar-refractivity contribution in [2.24, 2.45) is 0 Å². The smallest absolute Gasteiger partial charge is 0.328 e. The van der Waals surface area contributed by atoms with E-state index >= 15 is 0 Å². The molecule has 0 radical (unpaired) electrons. The molecule has 0 spiro atoms. The second kappa shape index (κ2) is 9.43. The van der Waals surface area contributed by atoms with Gasteiger partial charge in [0.2, 0.25) is 0 Å². The minimum Gasteiger partial charge on any atom is -0.493 e. The van der Waals surface area contributed by atoms with Crippen LogP contribution in [-0.4, -0.2) is 59.7 Å². The maximum Gasteiger partial charge on any atom is 0.328 e. The van der Waals surface area contributed by atoms with Gasteiger partial charge in [0, 0.05) is 19.0 Å². The second-order valence-corrected chi connectivity index (χ2v) is 6.94. The Kier molecular flexibility index (Phi) is 6.71. The first-order valence-electron chi connectivity index (χ1n) is 9.45. The van der Waals surface area contributed by atoms with Crippen LogP contribution in [0.1, 0.15) is 22.3 Å².